The predicted molar refractivity (Wildman–Crippen MR) is 74.0 cm³/mol. The average Bonchev–Trinajstić information content (AvgIpc) is 2.32. The Balaban J connectivity index is 4.29. The first-order valence-corrected chi connectivity index (χ1v) is 7.17. The van der Waals surface area contributed by atoms with Crippen LogP contribution in [0.5, 0.6) is 0 Å². The van der Waals surface area contributed by atoms with Crippen molar-refractivity contribution in [2.75, 3.05) is 19.6 Å². The minimum Gasteiger partial charge on any atom is -0.315 e. The van der Waals surface area contributed by atoms with Gasteiger partial charge in [-0.2, -0.15) is 0 Å². The molecule has 0 fully saturated rings. The molecule has 0 radical (unpaired) electrons. The molecule has 0 aliphatic heterocycles. The smallest absolute Gasteiger partial charge is 0.0220 e. The molecule has 0 aromatic heterocycles. The van der Waals surface area contributed by atoms with Crippen molar-refractivity contribution in [1.82, 2.24) is 10.2 Å². The molecule has 0 aromatic carbocycles. The van der Waals surface area contributed by atoms with E-state index < -0.39 is 0 Å². The summed E-state index contributed by atoms with van der Waals surface area (Å²) in [5.41, 5.74) is 0. The van der Waals surface area contributed by atoms with Gasteiger partial charge < -0.3 is 5.32 Å². The number of nitrogens with one attached hydrogen (secondary N) is 1. The lowest BCUT2D eigenvalue weighted by Crippen LogP contribution is -2.47. The molecule has 0 rings (SSSR count). The molecular formula is C14H32N2. The first-order valence-electron chi connectivity index (χ1n) is 7.17. The van der Waals surface area contributed by atoms with Crippen LogP contribution in [0.2, 0.25) is 0 Å². The topological polar surface area (TPSA) is 15.3 Å². The molecule has 1 N–H and O–H groups in total. The van der Waals surface area contributed by atoms with Crippen molar-refractivity contribution < 1.29 is 0 Å². The van der Waals surface area contributed by atoms with Crippen LogP contribution in [0.15, 0.2) is 0 Å². The number of hydrogen-bond donors (Lipinski definition) is 1. The number of rotatable bonds is 10. The molecule has 0 aliphatic rings. The van der Waals surface area contributed by atoms with Crippen molar-refractivity contribution in [1.29, 1.82) is 0 Å². The van der Waals surface area contributed by atoms with Gasteiger partial charge in [0, 0.05) is 18.6 Å². The zero-order valence-electron chi connectivity index (χ0n) is 12.1. The van der Waals surface area contributed by atoms with Crippen LogP contribution in [0.4, 0.5) is 0 Å². The normalized spacial score (nSPS) is 15.4. The Morgan fingerprint density at radius 2 is 1.75 bits per heavy atom. The third-order valence-corrected chi connectivity index (χ3v) is 3.50. The Kier molecular flexibility index (Phi) is 10.0. The van der Waals surface area contributed by atoms with E-state index in [4.69, 9.17) is 0 Å². The van der Waals surface area contributed by atoms with Crippen LogP contribution < -0.4 is 5.32 Å². The van der Waals surface area contributed by atoms with Crippen molar-refractivity contribution in [3.05, 3.63) is 0 Å². The molecule has 2 nitrogen and oxygen atoms in total. The zero-order valence-corrected chi connectivity index (χ0v) is 12.1. The molecule has 0 amide bonds. The van der Waals surface area contributed by atoms with Crippen LogP contribution in [0, 0.1) is 0 Å². The number of hydrogen-bond acceptors (Lipinski definition) is 2. The van der Waals surface area contributed by atoms with Gasteiger partial charge in [0.1, 0.15) is 0 Å². The van der Waals surface area contributed by atoms with Crippen LogP contribution in [0.1, 0.15) is 60.3 Å². The second-order valence-electron chi connectivity index (χ2n) is 4.72. The number of unbranched alkanes of at least 4 members (excludes halogenated alkanes) is 1. The highest BCUT2D eigenvalue weighted by Gasteiger charge is 2.19. The third-order valence-electron chi connectivity index (χ3n) is 3.50. The summed E-state index contributed by atoms with van der Waals surface area (Å²) in [6.45, 7) is 14.9. The van der Waals surface area contributed by atoms with Crippen molar-refractivity contribution in [2.45, 2.75) is 72.4 Å². The van der Waals surface area contributed by atoms with E-state index in [0.29, 0.717) is 6.04 Å². The van der Waals surface area contributed by atoms with Gasteiger partial charge in [-0.25, -0.2) is 0 Å². The van der Waals surface area contributed by atoms with Gasteiger partial charge in [-0.05, 0) is 39.3 Å². The lowest BCUT2D eigenvalue weighted by atomic mass is 10.1. The van der Waals surface area contributed by atoms with E-state index in [1.807, 2.05) is 0 Å². The molecule has 0 saturated heterocycles. The number of likely N-dealkylation sites (N-methyl/N-ethyl adjacent to an activating group) is 1. The monoisotopic (exact) mass is 228 g/mol. The minimum atomic E-state index is 0.710. The molecule has 2 heteroatoms. The van der Waals surface area contributed by atoms with Gasteiger partial charge in [-0.3, -0.25) is 4.90 Å². The second kappa shape index (κ2) is 10.1. The minimum absolute atomic E-state index is 0.710. The van der Waals surface area contributed by atoms with Crippen LogP contribution in [0.3, 0.4) is 0 Å². The van der Waals surface area contributed by atoms with Crippen LogP contribution in [-0.4, -0.2) is 36.6 Å². The highest BCUT2D eigenvalue weighted by molar-refractivity contribution is 4.77. The maximum Gasteiger partial charge on any atom is 0.0220 e. The standard InChI is InChI=1S/C14H32N2/c1-6-10-11-16(13(5)7-2)14(8-3)12-15-9-4/h13-15H,6-12H2,1-5H3. The Hall–Kier alpha value is -0.0800. The molecule has 0 aromatic rings. The van der Waals surface area contributed by atoms with Gasteiger partial charge in [-0.1, -0.05) is 34.1 Å². The zero-order chi connectivity index (χ0) is 12.4. The molecule has 0 saturated carbocycles. The highest BCUT2D eigenvalue weighted by atomic mass is 15.2. The fourth-order valence-electron chi connectivity index (χ4n) is 2.15. The molecule has 2 unspecified atom stereocenters. The van der Waals surface area contributed by atoms with Crippen LogP contribution in [0.25, 0.3) is 0 Å². The molecule has 2 atom stereocenters. The SMILES string of the molecule is CCCCN(C(C)CC)C(CC)CNCC. The second-order valence-corrected chi connectivity index (χ2v) is 4.72. The summed E-state index contributed by atoms with van der Waals surface area (Å²) in [5, 5.41) is 3.49. The van der Waals surface area contributed by atoms with E-state index in [1.165, 1.54) is 32.2 Å². The third kappa shape index (κ3) is 5.86. The van der Waals surface area contributed by atoms with Crippen LogP contribution in [-0.2, 0) is 0 Å². The summed E-state index contributed by atoms with van der Waals surface area (Å²) in [6, 6.07) is 1.43. The van der Waals surface area contributed by atoms with E-state index in [1.54, 1.807) is 0 Å². The lowest BCUT2D eigenvalue weighted by molar-refractivity contribution is 0.131. The first kappa shape index (κ1) is 15.9. The quantitative estimate of drug-likeness (QED) is 0.617. The molecule has 0 aliphatic carbocycles. The molecule has 16 heavy (non-hydrogen) atoms. The predicted octanol–water partition coefficient (Wildman–Crippen LogP) is 3.28. The molecule has 0 spiro atoms. The van der Waals surface area contributed by atoms with Gasteiger partial charge in [0.2, 0.25) is 0 Å². The van der Waals surface area contributed by atoms with Crippen molar-refractivity contribution in [3.63, 3.8) is 0 Å². The number of nitrogens with zero attached hydrogens (tertiary/aromatic N) is 1. The molecule has 0 bridgehead atoms. The maximum absolute atomic E-state index is 3.49. The van der Waals surface area contributed by atoms with E-state index in [9.17, 15) is 0 Å². The largest absolute Gasteiger partial charge is 0.315 e. The van der Waals surface area contributed by atoms with E-state index in [2.05, 4.69) is 44.8 Å². The van der Waals surface area contributed by atoms with Gasteiger partial charge >= 0.3 is 0 Å². The summed E-state index contributed by atoms with van der Waals surface area (Å²) in [7, 11) is 0. The summed E-state index contributed by atoms with van der Waals surface area (Å²) in [5.74, 6) is 0. The fraction of sp³-hybridized carbons (Fsp3) is 1.00. The van der Waals surface area contributed by atoms with Crippen LogP contribution >= 0.6 is 0 Å². The Morgan fingerprint density at radius 3 is 2.19 bits per heavy atom. The maximum atomic E-state index is 3.49. The first-order chi connectivity index (χ1) is 7.71. The average molecular weight is 228 g/mol. The summed E-state index contributed by atoms with van der Waals surface area (Å²) >= 11 is 0. The van der Waals surface area contributed by atoms with E-state index >= 15 is 0 Å². The lowest BCUT2D eigenvalue weighted by Gasteiger charge is -2.36. The summed E-state index contributed by atoms with van der Waals surface area (Å²) in [6.07, 6.45) is 5.13. The Labute approximate surface area is 103 Å². The van der Waals surface area contributed by atoms with Gasteiger partial charge in [0.25, 0.3) is 0 Å². The summed E-state index contributed by atoms with van der Waals surface area (Å²) in [4.78, 5) is 2.70. The molecular weight excluding hydrogens is 196 g/mol. The molecule has 98 valence electrons. The van der Waals surface area contributed by atoms with E-state index in [0.717, 1.165) is 19.1 Å². The van der Waals surface area contributed by atoms with Crippen molar-refractivity contribution in [2.24, 2.45) is 0 Å². The van der Waals surface area contributed by atoms with Crippen molar-refractivity contribution in [3.8, 4) is 0 Å². The molecule has 0 heterocycles. The fourth-order valence-corrected chi connectivity index (χ4v) is 2.15. The van der Waals surface area contributed by atoms with Gasteiger partial charge in [0.15, 0.2) is 0 Å². The Bertz CT molecular complexity index is 148. The highest BCUT2D eigenvalue weighted by Crippen LogP contribution is 2.12. The van der Waals surface area contributed by atoms with Crippen molar-refractivity contribution >= 4 is 0 Å². The van der Waals surface area contributed by atoms with Gasteiger partial charge in [-0.15, -0.1) is 0 Å². The van der Waals surface area contributed by atoms with Gasteiger partial charge in [0.05, 0.1) is 0 Å². The Morgan fingerprint density at radius 1 is 1.06 bits per heavy atom. The van der Waals surface area contributed by atoms with E-state index in [-0.39, 0.29) is 0 Å². The summed E-state index contributed by atoms with van der Waals surface area (Å²) < 4.78 is 0.